The predicted molar refractivity (Wildman–Crippen MR) is 87.0 cm³/mol. The Balaban J connectivity index is 1.59. The van der Waals surface area contributed by atoms with Crippen LogP contribution in [0.3, 0.4) is 0 Å². The zero-order valence-corrected chi connectivity index (χ0v) is 12.0. The maximum Gasteiger partial charge on any atom is 0.0457 e. The van der Waals surface area contributed by atoms with Crippen LogP contribution < -0.4 is 5.73 Å². The maximum atomic E-state index is 6.07. The molecule has 2 aromatic carbocycles. The average molecular weight is 277 g/mol. The Kier molecular flexibility index (Phi) is 2.93. The van der Waals surface area contributed by atoms with Crippen LogP contribution in [0.4, 0.5) is 5.69 Å². The molecule has 0 spiro atoms. The van der Waals surface area contributed by atoms with Crippen LogP contribution in [0.5, 0.6) is 0 Å². The number of nitrogens with zero attached hydrogens (tertiary/aromatic N) is 1. The Labute approximate surface area is 124 Å². The van der Waals surface area contributed by atoms with Gasteiger partial charge in [0.2, 0.25) is 0 Å². The number of nitrogen functional groups attached to an aromatic ring is 1. The second kappa shape index (κ2) is 4.93. The van der Waals surface area contributed by atoms with Crippen LogP contribution in [0, 0.1) is 0 Å². The average Bonchev–Trinajstić information content (AvgIpc) is 2.91. The van der Waals surface area contributed by atoms with Gasteiger partial charge < -0.3 is 10.7 Å². The second-order valence-electron chi connectivity index (χ2n) is 5.81. The molecule has 1 aliphatic heterocycles. The minimum atomic E-state index is 0.944. The van der Waals surface area contributed by atoms with E-state index in [2.05, 4.69) is 52.5 Å². The third-order valence-corrected chi connectivity index (χ3v) is 4.45. The summed E-state index contributed by atoms with van der Waals surface area (Å²) in [5.74, 6) is 0. The molecule has 3 heteroatoms. The summed E-state index contributed by atoms with van der Waals surface area (Å²) in [5, 5.41) is 1.33. The maximum absolute atomic E-state index is 6.07. The Morgan fingerprint density at radius 1 is 1.10 bits per heavy atom. The van der Waals surface area contributed by atoms with Gasteiger partial charge in [-0.05, 0) is 35.2 Å². The molecule has 106 valence electrons. The van der Waals surface area contributed by atoms with Crippen molar-refractivity contribution < 1.29 is 0 Å². The quantitative estimate of drug-likeness (QED) is 0.706. The molecule has 0 atom stereocenters. The van der Waals surface area contributed by atoms with Gasteiger partial charge in [0.1, 0.15) is 0 Å². The zero-order chi connectivity index (χ0) is 14.2. The molecule has 4 rings (SSSR count). The van der Waals surface area contributed by atoms with Crippen molar-refractivity contribution in [3.63, 3.8) is 0 Å². The number of nitrogens with one attached hydrogen (secondary N) is 1. The van der Waals surface area contributed by atoms with Crippen LogP contribution in [0.1, 0.15) is 16.7 Å². The number of H-pyrrole nitrogens is 1. The van der Waals surface area contributed by atoms with Gasteiger partial charge in [-0.2, -0.15) is 0 Å². The number of para-hydroxylation sites is 1. The van der Waals surface area contributed by atoms with E-state index in [0.717, 1.165) is 31.7 Å². The summed E-state index contributed by atoms with van der Waals surface area (Å²) in [6.07, 6.45) is 3.18. The zero-order valence-electron chi connectivity index (χ0n) is 12.0. The van der Waals surface area contributed by atoms with Crippen LogP contribution >= 0.6 is 0 Å². The highest BCUT2D eigenvalue weighted by Gasteiger charge is 2.18. The van der Waals surface area contributed by atoms with Gasteiger partial charge in [-0.15, -0.1) is 0 Å². The van der Waals surface area contributed by atoms with Crippen LogP contribution in [-0.2, 0) is 19.5 Å². The minimum absolute atomic E-state index is 0.944. The topological polar surface area (TPSA) is 45.0 Å². The lowest BCUT2D eigenvalue weighted by atomic mass is 9.97. The second-order valence-corrected chi connectivity index (χ2v) is 5.81. The highest BCUT2D eigenvalue weighted by Crippen LogP contribution is 2.26. The number of hydrogen-bond donors (Lipinski definition) is 2. The molecular formula is C18H19N3. The van der Waals surface area contributed by atoms with Gasteiger partial charge in [0, 0.05) is 42.4 Å². The molecule has 0 unspecified atom stereocenters. The first-order valence-corrected chi connectivity index (χ1v) is 7.45. The standard InChI is InChI=1S/C18H19N3/c19-17-6-3-4-13-11-21(9-8-15(13)17)12-14-10-20-18-7-2-1-5-16(14)18/h1-7,10,20H,8-9,11-12,19H2. The van der Waals surface area contributed by atoms with Gasteiger partial charge in [-0.25, -0.2) is 0 Å². The largest absolute Gasteiger partial charge is 0.398 e. The van der Waals surface area contributed by atoms with Crippen molar-refractivity contribution in [1.82, 2.24) is 9.88 Å². The van der Waals surface area contributed by atoms with Crippen molar-refractivity contribution in [1.29, 1.82) is 0 Å². The molecule has 0 saturated carbocycles. The third-order valence-electron chi connectivity index (χ3n) is 4.45. The Bertz CT molecular complexity index is 788. The van der Waals surface area contributed by atoms with Crippen LogP contribution in [0.25, 0.3) is 10.9 Å². The van der Waals surface area contributed by atoms with Crippen LogP contribution in [0.2, 0.25) is 0 Å². The molecule has 3 aromatic rings. The highest BCUT2D eigenvalue weighted by atomic mass is 15.1. The van der Waals surface area contributed by atoms with Crippen LogP contribution in [-0.4, -0.2) is 16.4 Å². The molecule has 1 aromatic heterocycles. The molecule has 0 aliphatic carbocycles. The van der Waals surface area contributed by atoms with E-state index in [1.54, 1.807) is 0 Å². The highest BCUT2D eigenvalue weighted by molar-refractivity contribution is 5.82. The fourth-order valence-corrected chi connectivity index (χ4v) is 3.34. The summed E-state index contributed by atoms with van der Waals surface area (Å²) in [6.45, 7) is 3.04. The molecule has 21 heavy (non-hydrogen) atoms. The lowest BCUT2D eigenvalue weighted by molar-refractivity contribution is 0.247. The molecule has 2 heterocycles. The van der Waals surface area contributed by atoms with E-state index < -0.39 is 0 Å². The van der Waals surface area contributed by atoms with Crippen molar-refractivity contribution in [3.8, 4) is 0 Å². The summed E-state index contributed by atoms with van der Waals surface area (Å²) in [7, 11) is 0. The summed E-state index contributed by atoms with van der Waals surface area (Å²) in [5.41, 5.74) is 12.3. The summed E-state index contributed by atoms with van der Waals surface area (Å²) in [6, 6.07) is 14.8. The number of aromatic nitrogens is 1. The molecule has 0 fully saturated rings. The molecule has 1 aliphatic rings. The van der Waals surface area contributed by atoms with Gasteiger partial charge in [0.25, 0.3) is 0 Å². The van der Waals surface area contributed by atoms with Crippen molar-refractivity contribution in [2.24, 2.45) is 0 Å². The van der Waals surface area contributed by atoms with Gasteiger partial charge in [0.15, 0.2) is 0 Å². The van der Waals surface area contributed by atoms with Crippen molar-refractivity contribution in [2.75, 3.05) is 12.3 Å². The molecule has 0 radical (unpaired) electrons. The lowest BCUT2D eigenvalue weighted by Crippen LogP contribution is -2.30. The summed E-state index contributed by atoms with van der Waals surface area (Å²) >= 11 is 0. The van der Waals surface area contributed by atoms with E-state index in [9.17, 15) is 0 Å². The fraction of sp³-hybridized carbons (Fsp3) is 0.222. The van der Waals surface area contributed by atoms with Crippen LogP contribution in [0.15, 0.2) is 48.7 Å². The molecule has 0 amide bonds. The van der Waals surface area contributed by atoms with Crippen molar-refractivity contribution in [2.45, 2.75) is 19.5 Å². The van der Waals surface area contributed by atoms with Crippen molar-refractivity contribution >= 4 is 16.6 Å². The van der Waals surface area contributed by atoms with Gasteiger partial charge in [-0.1, -0.05) is 30.3 Å². The molecule has 0 bridgehead atoms. The Hall–Kier alpha value is -2.26. The monoisotopic (exact) mass is 277 g/mol. The number of nitrogens with two attached hydrogens (primary N) is 1. The first-order valence-electron chi connectivity index (χ1n) is 7.45. The number of hydrogen-bond acceptors (Lipinski definition) is 2. The minimum Gasteiger partial charge on any atom is -0.398 e. The van der Waals surface area contributed by atoms with Gasteiger partial charge >= 0.3 is 0 Å². The van der Waals surface area contributed by atoms with E-state index >= 15 is 0 Å². The normalized spacial score (nSPS) is 15.2. The van der Waals surface area contributed by atoms with E-state index in [-0.39, 0.29) is 0 Å². The van der Waals surface area contributed by atoms with E-state index in [0.29, 0.717) is 0 Å². The lowest BCUT2D eigenvalue weighted by Gasteiger charge is -2.29. The number of benzene rings is 2. The van der Waals surface area contributed by atoms with E-state index in [4.69, 9.17) is 5.73 Å². The fourth-order valence-electron chi connectivity index (χ4n) is 3.34. The van der Waals surface area contributed by atoms with Gasteiger partial charge in [0.05, 0.1) is 0 Å². The Morgan fingerprint density at radius 2 is 2.00 bits per heavy atom. The first-order chi connectivity index (χ1) is 10.3. The molecular weight excluding hydrogens is 258 g/mol. The molecule has 3 nitrogen and oxygen atoms in total. The van der Waals surface area contributed by atoms with E-state index in [1.807, 2.05) is 6.07 Å². The summed E-state index contributed by atoms with van der Waals surface area (Å²) in [4.78, 5) is 5.86. The smallest absolute Gasteiger partial charge is 0.0457 e. The number of aromatic amines is 1. The number of anilines is 1. The number of rotatable bonds is 2. The Morgan fingerprint density at radius 3 is 2.95 bits per heavy atom. The van der Waals surface area contributed by atoms with E-state index in [1.165, 1.54) is 27.6 Å². The van der Waals surface area contributed by atoms with Crippen molar-refractivity contribution in [3.05, 3.63) is 65.4 Å². The SMILES string of the molecule is Nc1cccc2c1CCN(Cc1c[nH]c3ccccc13)C2. The summed E-state index contributed by atoms with van der Waals surface area (Å²) < 4.78 is 0. The molecule has 0 saturated heterocycles. The first kappa shape index (κ1) is 12.5. The third kappa shape index (κ3) is 2.20. The molecule has 3 N–H and O–H groups in total. The number of fused-ring (bicyclic) bond motifs is 2. The predicted octanol–water partition coefficient (Wildman–Crippen LogP) is 3.31. The van der Waals surface area contributed by atoms with Gasteiger partial charge in [-0.3, -0.25) is 4.90 Å².